The Kier molecular flexibility index (Phi) is 2.61. The topological polar surface area (TPSA) is 68.0 Å². The van der Waals surface area contributed by atoms with Gasteiger partial charge in [0, 0.05) is 13.0 Å². The molecule has 2 saturated carbocycles. The molecule has 2 atom stereocenters. The first kappa shape index (κ1) is 11.1. The first-order valence-corrected chi connectivity index (χ1v) is 6.87. The van der Waals surface area contributed by atoms with Crippen LogP contribution < -0.4 is 0 Å². The van der Waals surface area contributed by atoms with E-state index < -0.39 is 5.97 Å². The highest BCUT2D eigenvalue weighted by atomic mass is 32.2. The summed E-state index contributed by atoms with van der Waals surface area (Å²) >= 11 is 1.24. The van der Waals surface area contributed by atoms with Crippen molar-refractivity contribution in [2.75, 3.05) is 5.75 Å². The van der Waals surface area contributed by atoms with Crippen LogP contribution in [0.1, 0.15) is 31.0 Å². The summed E-state index contributed by atoms with van der Waals surface area (Å²) < 4.78 is 1.96. The van der Waals surface area contributed by atoms with E-state index >= 15 is 0 Å². The van der Waals surface area contributed by atoms with E-state index in [-0.39, 0.29) is 5.75 Å². The Morgan fingerprint density at radius 2 is 2.12 bits per heavy atom. The molecule has 17 heavy (non-hydrogen) atoms. The molecule has 0 radical (unpaired) electrons. The molecule has 0 aromatic carbocycles. The Hall–Kier alpha value is -1.04. The van der Waals surface area contributed by atoms with Crippen molar-refractivity contribution in [3.63, 3.8) is 0 Å². The Bertz CT molecular complexity index is 450. The minimum Gasteiger partial charge on any atom is -0.481 e. The summed E-state index contributed by atoms with van der Waals surface area (Å²) in [6.45, 7) is 0. The Balaban J connectivity index is 1.71. The Morgan fingerprint density at radius 1 is 1.41 bits per heavy atom. The largest absolute Gasteiger partial charge is 0.481 e. The molecular formula is C11H15N3O2S. The molecule has 0 amide bonds. The molecule has 6 heteroatoms. The summed E-state index contributed by atoms with van der Waals surface area (Å²) in [4.78, 5) is 10.5. The van der Waals surface area contributed by atoms with E-state index in [0.29, 0.717) is 11.1 Å². The van der Waals surface area contributed by atoms with E-state index in [9.17, 15) is 4.79 Å². The normalized spacial score (nSPS) is 30.3. The van der Waals surface area contributed by atoms with Gasteiger partial charge in [0.2, 0.25) is 0 Å². The van der Waals surface area contributed by atoms with Crippen LogP contribution in [0.4, 0.5) is 0 Å². The van der Waals surface area contributed by atoms with Crippen LogP contribution in [-0.2, 0) is 11.8 Å². The third-order valence-electron chi connectivity index (χ3n) is 3.80. The summed E-state index contributed by atoms with van der Waals surface area (Å²) in [5, 5.41) is 17.7. The van der Waals surface area contributed by atoms with Crippen molar-refractivity contribution in [1.82, 2.24) is 14.8 Å². The number of carboxylic acids is 1. The van der Waals surface area contributed by atoms with Gasteiger partial charge < -0.3 is 9.67 Å². The number of fused-ring (bicyclic) bond motifs is 1. The molecule has 1 aromatic rings. The van der Waals surface area contributed by atoms with Gasteiger partial charge in [-0.2, -0.15) is 0 Å². The molecule has 2 aliphatic rings. The molecule has 1 aromatic heterocycles. The summed E-state index contributed by atoms with van der Waals surface area (Å²) in [7, 11) is 1.93. The molecule has 2 aliphatic carbocycles. The van der Waals surface area contributed by atoms with Crippen molar-refractivity contribution in [3.05, 3.63) is 5.82 Å². The molecular weight excluding hydrogens is 238 g/mol. The quantitative estimate of drug-likeness (QED) is 0.824. The number of hydrogen-bond donors (Lipinski definition) is 1. The number of aliphatic carboxylic acids is 1. The van der Waals surface area contributed by atoms with Gasteiger partial charge in [0.25, 0.3) is 0 Å². The molecule has 2 unspecified atom stereocenters. The fraction of sp³-hybridized carbons (Fsp3) is 0.727. The highest BCUT2D eigenvalue weighted by Gasteiger charge is 2.47. The van der Waals surface area contributed by atoms with Crippen molar-refractivity contribution in [2.24, 2.45) is 18.9 Å². The maximum Gasteiger partial charge on any atom is 0.313 e. The molecule has 92 valence electrons. The van der Waals surface area contributed by atoms with Gasteiger partial charge >= 0.3 is 5.97 Å². The van der Waals surface area contributed by atoms with E-state index in [0.717, 1.165) is 17.7 Å². The third-order valence-corrected chi connectivity index (χ3v) is 4.81. The second-order valence-electron chi connectivity index (χ2n) is 5.01. The minimum atomic E-state index is -0.818. The molecule has 0 aliphatic heterocycles. The van der Waals surface area contributed by atoms with Gasteiger partial charge in [0.05, 0.1) is 5.75 Å². The number of aromatic nitrogens is 3. The maximum atomic E-state index is 10.5. The molecule has 0 saturated heterocycles. The molecule has 0 bridgehead atoms. The van der Waals surface area contributed by atoms with Gasteiger partial charge in [-0.05, 0) is 31.1 Å². The zero-order valence-electron chi connectivity index (χ0n) is 9.67. The number of thioether (sulfide) groups is 1. The Labute approximate surface area is 104 Å². The fourth-order valence-electron chi connectivity index (χ4n) is 2.86. The van der Waals surface area contributed by atoms with Crippen LogP contribution >= 0.6 is 11.8 Å². The highest BCUT2D eigenvalue weighted by molar-refractivity contribution is 7.99. The van der Waals surface area contributed by atoms with Gasteiger partial charge in [0.15, 0.2) is 5.16 Å². The predicted molar refractivity (Wildman–Crippen MR) is 62.9 cm³/mol. The maximum absolute atomic E-state index is 10.5. The van der Waals surface area contributed by atoms with Crippen LogP contribution in [0.2, 0.25) is 0 Å². The van der Waals surface area contributed by atoms with Crippen LogP contribution in [-0.4, -0.2) is 31.6 Å². The number of nitrogens with zero attached hydrogens (tertiary/aromatic N) is 3. The van der Waals surface area contributed by atoms with Crippen LogP contribution in [0.5, 0.6) is 0 Å². The average molecular weight is 253 g/mol. The first-order valence-electron chi connectivity index (χ1n) is 5.89. The number of rotatable bonds is 4. The molecule has 2 fully saturated rings. The summed E-state index contributed by atoms with van der Waals surface area (Å²) in [5.41, 5.74) is 0. The lowest BCUT2D eigenvalue weighted by Gasteiger charge is -2.10. The first-order chi connectivity index (χ1) is 8.15. The van der Waals surface area contributed by atoms with Crippen molar-refractivity contribution in [2.45, 2.75) is 30.3 Å². The van der Waals surface area contributed by atoms with Crippen LogP contribution in [0, 0.1) is 11.8 Å². The number of carbonyl (C=O) groups is 1. The SMILES string of the molecule is Cn1c(SCC(=O)O)nnc1C1CC2CC2C1. The van der Waals surface area contributed by atoms with Crippen molar-refractivity contribution in [1.29, 1.82) is 0 Å². The van der Waals surface area contributed by atoms with Gasteiger partial charge in [-0.3, -0.25) is 4.79 Å². The van der Waals surface area contributed by atoms with Gasteiger partial charge in [-0.25, -0.2) is 0 Å². The van der Waals surface area contributed by atoms with Crippen molar-refractivity contribution < 1.29 is 9.90 Å². The summed E-state index contributed by atoms with van der Waals surface area (Å²) in [6.07, 6.45) is 3.87. The third kappa shape index (κ3) is 2.06. The monoisotopic (exact) mass is 253 g/mol. The van der Waals surface area contributed by atoms with Crippen LogP contribution in [0.15, 0.2) is 5.16 Å². The van der Waals surface area contributed by atoms with Crippen LogP contribution in [0.25, 0.3) is 0 Å². The molecule has 1 N–H and O–H groups in total. The smallest absolute Gasteiger partial charge is 0.313 e. The second kappa shape index (κ2) is 4.01. The van der Waals surface area contributed by atoms with E-state index in [1.807, 2.05) is 11.6 Å². The van der Waals surface area contributed by atoms with Gasteiger partial charge in [0.1, 0.15) is 5.82 Å². The molecule has 5 nitrogen and oxygen atoms in total. The summed E-state index contributed by atoms with van der Waals surface area (Å²) in [5.74, 6) is 2.64. The summed E-state index contributed by atoms with van der Waals surface area (Å²) in [6, 6.07) is 0. The fourth-order valence-corrected chi connectivity index (χ4v) is 3.50. The van der Waals surface area contributed by atoms with E-state index in [2.05, 4.69) is 10.2 Å². The van der Waals surface area contributed by atoms with Gasteiger partial charge in [-0.15, -0.1) is 10.2 Å². The highest BCUT2D eigenvalue weighted by Crippen LogP contribution is 2.57. The van der Waals surface area contributed by atoms with E-state index in [1.165, 1.54) is 31.0 Å². The second-order valence-corrected chi connectivity index (χ2v) is 5.95. The van der Waals surface area contributed by atoms with Gasteiger partial charge in [-0.1, -0.05) is 11.8 Å². The number of hydrogen-bond acceptors (Lipinski definition) is 4. The molecule has 3 rings (SSSR count). The molecule has 1 heterocycles. The predicted octanol–water partition coefficient (Wildman–Crippen LogP) is 1.51. The standard InChI is InChI=1S/C11H15N3O2S/c1-14-10(8-3-6-2-7(6)4-8)12-13-11(14)17-5-9(15)16/h6-8H,2-5H2,1H3,(H,15,16). The lowest BCUT2D eigenvalue weighted by Crippen LogP contribution is -2.06. The van der Waals surface area contributed by atoms with E-state index in [4.69, 9.17) is 5.11 Å². The van der Waals surface area contributed by atoms with Crippen molar-refractivity contribution in [3.8, 4) is 0 Å². The molecule has 0 spiro atoms. The zero-order valence-corrected chi connectivity index (χ0v) is 10.5. The Morgan fingerprint density at radius 3 is 2.76 bits per heavy atom. The number of carboxylic acid groups (broad SMARTS) is 1. The lowest BCUT2D eigenvalue weighted by atomic mass is 10.0. The van der Waals surface area contributed by atoms with Crippen LogP contribution in [0.3, 0.4) is 0 Å². The minimum absolute atomic E-state index is 0.0435. The van der Waals surface area contributed by atoms with Crippen molar-refractivity contribution >= 4 is 17.7 Å². The van der Waals surface area contributed by atoms with E-state index in [1.54, 1.807) is 0 Å². The average Bonchev–Trinajstić information content (AvgIpc) is 2.73. The lowest BCUT2D eigenvalue weighted by molar-refractivity contribution is -0.133. The zero-order chi connectivity index (χ0) is 12.0.